The lowest BCUT2D eigenvalue weighted by Gasteiger charge is -2.44. The average Bonchev–Trinajstić information content (AvgIpc) is 2.42. The van der Waals surface area contributed by atoms with Crippen LogP contribution in [0.2, 0.25) is 0 Å². The second-order valence-electron chi connectivity index (χ2n) is 4.70. The molecular weight excluding hydrogens is 295 g/mol. The lowest BCUT2D eigenvalue weighted by molar-refractivity contribution is -0.253. The zero-order valence-electron chi connectivity index (χ0n) is 10.4. The van der Waals surface area contributed by atoms with Crippen molar-refractivity contribution in [1.82, 2.24) is 10.6 Å². The van der Waals surface area contributed by atoms with Gasteiger partial charge in [0, 0.05) is 0 Å². The molecule has 2 aliphatic rings. The van der Waals surface area contributed by atoms with Gasteiger partial charge in [0.2, 0.25) is 0 Å². The van der Waals surface area contributed by atoms with Crippen LogP contribution in [0.1, 0.15) is 0 Å². The number of imide groups is 2. The van der Waals surface area contributed by atoms with Crippen molar-refractivity contribution in [1.29, 1.82) is 0 Å². The number of ether oxygens (including phenoxy) is 1. The van der Waals surface area contributed by atoms with E-state index in [2.05, 4.69) is 0 Å². The summed E-state index contributed by atoms with van der Waals surface area (Å²) in [5.41, 5.74) is -3.51. The number of rotatable bonds is 2. The fourth-order valence-corrected chi connectivity index (χ4v) is 2.21. The van der Waals surface area contributed by atoms with E-state index >= 15 is 0 Å². The van der Waals surface area contributed by atoms with Crippen LogP contribution in [0.15, 0.2) is 0 Å². The number of nitrogens with one attached hydrogen (secondary N) is 2. The maximum absolute atomic E-state index is 14.7. The molecule has 6 N–H and O–H groups in total. The maximum Gasteiger partial charge on any atom is 0.328 e. The van der Waals surface area contributed by atoms with Crippen LogP contribution < -0.4 is 10.6 Å². The Labute approximate surface area is 116 Å². The molecule has 0 radical (unpaired) electrons. The normalized spacial score (nSPS) is 39.7. The fraction of sp³-hybridized carbons (Fsp3) is 0.700. The molecule has 2 aliphatic heterocycles. The number of barbiturate groups is 1. The van der Waals surface area contributed by atoms with Crippen molar-refractivity contribution in [2.75, 3.05) is 6.61 Å². The molecule has 2 fully saturated rings. The molecule has 5 atom stereocenters. The molecule has 10 nitrogen and oxygen atoms in total. The zero-order valence-corrected chi connectivity index (χ0v) is 10.4. The molecule has 118 valence electrons. The lowest BCUT2D eigenvalue weighted by atomic mass is 9.84. The second kappa shape index (κ2) is 5.27. The summed E-state index contributed by atoms with van der Waals surface area (Å²) in [6.45, 7) is -0.861. The minimum Gasteiger partial charge on any atom is -0.394 e. The summed E-state index contributed by atoms with van der Waals surface area (Å²) in [7, 11) is 0. The van der Waals surface area contributed by atoms with Gasteiger partial charge in [-0.05, 0) is 0 Å². The number of hydrogen-bond acceptors (Lipinski definition) is 8. The topological polar surface area (TPSA) is 165 Å². The molecular formula is C10H13FN2O8. The largest absolute Gasteiger partial charge is 0.394 e. The first-order valence-corrected chi connectivity index (χ1v) is 5.89. The van der Waals surface area contributed by atoms with Gasteiger partial charge in [-0.25, -0.2) is 9.18 Å². The minimum atomic E-state index is -3.51. The van der Waals surface area contributed by atoms with Crippen molar-refractivity contribution in [3.05, 3.63) is 0 Å². The molecule has 2 heterocycles. The van der Waals surface area contributed by atoms with E-state index in [0.717, 1.165) is 0 Å². The van der Waals surface area contributed by atoms with Gasteiger partial charge in [-0.2, -0.15) is 0 Å². The van der Waals surface area contributed by atoms with Gasteiger partial charge in [-0.1, -0.05) is 0 Å². The maximum atomic E-state index is 14.7. The Morgan fingerprint density at radius 1 is 1.05 bits per heavy atom. The Morgan fingerprint density at radius 2 is 1.57 bits per heavy atom. The Morgan fingerprint density at radius 3 is 2.05 bits per heavy atom. The number of carbonyl (C=O) groups excluding carboxylic acids is 3. The fourth-order valence-electron chi connectivity index (χ4n) is 2.21. The van der Waals surface area contributed by atoms with Gasteiger partial charge in [0.1, 0.15) is 30.5 Å². The molecule has 0 aromatic carbocycles. The van der Waals surface area contributed by atoms with Gasteiger partial charge in [0.25, 0.3) is 17.5 Å². The third kappa shape index (κ3) is 2.28. The highest BCUT2D eigenvalue weighted by molar-refractivity contribution is 6.22. The Kier molecular flexibility index (Phi) is 3.95. The van der Waals surface area contributed by atoms with E-state index in [1.165, 1.54) is 10.6 Å². The van der Waals surface area contributed by atoms with Gasteiger partial charge >= 0.3 is 6.03 Å². The van der Waals surface area contributed by atoms with Gasteiger partial charge in [0.05, 0.1) is 6.61 Å². The highest BCUT2D eigenvalue weighted by atomic mass is 19.1. The highest BCUT2D eigenvalue weighted by Crippen LogP contribution is 2.32. The van der Waals surface area contributed by atoms with E-state index < -0.39 is 60.6 Å². The first-order chi connectivity index (χ1) is 9.73. The van der Waals surface area contributed by atoms with Crippen LogP contribution in [0.5, 0.6) is 0 Å². The molecule has 0 aliphatic carbocycles. The minimum absolute atomic E-state index is 0.861. The monoisotopic (exact) mass is 308 g/mol. The molecule has 4 amide bonds. The van der Waals surface area contributed by atoms with Crippen molar-refractivity contribution in [2.45, 2.75) is 36.2 Å². The van der Waals surface area contributed by atoms with E-state index in [0.29, 0.717) is 0 Å². The molecule has 2 saturated heterocycles. The average molecular weight is 308 g/mol. The summed E-state index contributed by atoms with van der Waals surface area (Å²) in [5, 5.41) is 40.8. The van der Waals surface area contributed by atoms with Crippen molar-refractivity contribution >= 4 is 17.8 Å². The van der Waals surface area contributed by atoms with Crippen LogP contribution in [0.4, 0.5) is 9.18 Å². The Balaban J connectivity index is 2.36. The van der Waals surface area contributed by atoms with E-state index in [4.69, 9.17) is 9.84 Å². The molecule has 2 rings (SSSR count). The number of amides is 4. The number of alkyl halides is 1. The van der Waals surface area contributed by atoms with Crippen molar-refractivity contribution < 1.29 is 43.9 Å². The van der Waals surface area contributed by atoms with Crippen LogP contribution in [-0.2, 0) is 14.3 Å². The van der Waals surface area contributed by atoms with E-state index in [9.17, 15) is 34.1 Å². The second-order valence-corrected chi connectivity index (χ2v) is 4.70. The van der Waals surface area contributed by atoms with Crippen molar-refractivity contribution in [3.8, 4) is 0 Å². The van der Waals surface area contributed by atoms with Crippen LogP contribution in [0.3, 0.4) is 0 Å². The third-order valence-electron chi connectivity index (χ3n) is 3.40. The third-order valence-corrected chi connectivity index (χ3v) is 3.40. The van der Waals surface area contributed by atoms with Crippen molar-refractivity contribution in [2.24, 2.45) is 0 Å². The molecule has 0 bridgehead atoms. The van der Waals surface area contributed by atoms with Crippen molar-refractivity contribution in [3.63, 3.8) is 0 Å². The van der Waals surface area contributed by atoms with E-state index in [1.54, 1.807) is 0 Å². The molecule has 0 unspecified atom stereocenters. The number of urea groups is 1. The predicted octanol–water partition coefficient (Wildman–Crippen LogP) is -4.10. The number of carbonyl (C=O) groups is 3. The molecule has 0 aromatic heterocycles. The quantitative estimate of drug-likeness (QED) is 0.280. The molecule has 0 spiro atoms. The summed E-state index contributed by atoms with van der Waals surface area (Å²) in [6, 6.07) is -1.25. The van der Waals surface area contributed by atoms with Crippen LogP contribution in [-0.4, -0.2) is 81.1 Å². The van der Waals surface area contributed by atoms with E-state index in [-0.39, 0.29) is 0 Å². The van der Waals surface area contributed by atoms with E-state index in [1.807, 2.05) is 0 Å². The molecule has 21 heavy (non-hydrogen) atoms. The standard InChI is InChI=1S/C10H13FN2O8/c11-10(7(18)12-9(20)13-8(10)19)6-5(17)4(16)3(15)2(1-14)21-6/h2-6,14-17H,1H2,(H2,12,13,18,19,20)/t2-,3+,4+,5-,6-/m1/s1. The summed E-state index contributed by atoms with van der Waals surface area (Å²) < 4.78 is 19.6. The number of hydrogen-bond donors (Lipinski definition) is 6. The van der Waals surface area contributed by atoms with Crippen LogP contribution >= 0.6 is 0 Å². The zero-order chi connectivity index (χ0) is 15.9. The molecule has 0 aromatic rings. The summed E-state index contributed by atoms with van der Waals surface area (Å²) in [4.78, 5) is 34.1. The van der Waals surface area contributed by atoms with Gasteiger partial charge < -0.3 is 25.2 Å². The Bertz CT molecular complexity index is 464. The predicted molar refractivity (Wildman–Crippen MR) is 59.3 cm³/mol. The molecule has 0 saturated carbocycles. The van der Waals surface area contributed by atoms with Gasteiger partial charge in [-0.15, -0.1) is 0 Å². The highest BCUT2D eigenvalue weighted by Gasteiger charge is 2.63. The lowest BCUT2D eigenvalue weighted by Crippen LogP contribution is -2.74. The number of aliphatic hydroxyl groups excluding tert-OH is 4. The Hall–Kier alpha value is -1.66. The van der Waals surface area contributed by atoms with Gasteiger partial charge in [-0.3, -0.25) is 20.2 Å². The smallest absolute Gasteiger partial charge is 0.328 e. The first kappa shape index (κ1) is 15.7. The molecule has 11 heteroatoms. The summed E-state index contributed by atoms with van der Waals surface area (Å²) in [5.74, 6) is -3.36. The number of halogens is 1. The number of aliphatic hydroxyl groups is 4. The first-order valence-electron chi connectivity index (χ1n) is 5.89. The van der Waals surface area contributed by atoms with Crippen LogP contribution in [0, 0.1) is 0 Å². The summed E-state index contributed by atoms with van der Waals surface area (Å²) in [6.07, 6.45) is -9.61. The van der Waals surface area contributed by atoms with Crippen LogP contribution in [0.25, 0.3) is 0 Å². The van der Waals surface area contributed by atoms with Gasteiger partial charge in [0.15, 0.2) is 0 Å². The summed E-state index contributed by atoms with van der Waals surface area (Å²) >= 11 is 0. The SMILES string of the molecule is O=C1NC(=O)C(F)([C@@H]2O[C@H](CO)[C@H](O)[C@H](O)[C@H]2O)C(=O)N1.